The van der Waals surface area contributed by atoms with Crippen LogP contribution in [0.15, 0.2) is 0 Å². The largest absolute Gasteiger partial charge is 0.315 e. The quantitative estimate of drug-likeness (QED) is 0.506. The number of hydrogen-bond acceptors (Lipinski definition) is 1. The molecule has 0 bridgehead atoms. The minimum absolute atomic E-state index is 0.138. The zero-order valence-electron chi connectivity index (χ0n) is 12.8. The van der Waals surface area contributed by atoms with E-state index in [-0.39, 0.29) is 18.8 Å². The van der Waals surface area contributed by atoms with Crippen molar-refractivity contribution in [2.75, 3.05) is 0 Å². The highest BCUT2D eigenvalue weighted by atomic mass is 19.3. The van der Waals surface area contributed by atoms with Gasteiger partial charge in [0.25, 0.3) is 0 Å². The molecule has 1 saturated carbocycles. The summed E-state index contributed by atoms with van der Waals surface area (Å²) in [5.41, 5.74) is -2.93. The van der Waals surface area contributed by atoms with Crippen molar-refractivity contribution in [1.82, 2.24) is 0 Å². The van der Waals surface area contributed by atoms with E-state index in [0.29, 0.717) is 32.1 Å². The topological polar surface area (TPSA) is 28.1 Å². The number of rotatable bonds is 6. The van der Waals surface area contributed by atoms with Gasteiger partial charge >= 0.3 is 5.54 Å². The molecule has 22 heavy (non-hydrogen) atoms. The van der Waals surface area contributed by atoms with Crippen LogP contribution in [0.3, 0.4) is 0 Å². The Bertz CT molecular complexity index is 480. The van der Waals surface area contributed by atoms with Gasteiger partial charge in [-0.15, -0.1) is 6.42 Å². The predicted molar refractivity (Wildman–Crippen MR) is 78.7 cm³/mol. The van der Waals surface area contributed by atoms with Crippen LogP contribution < -0.4 is 0 Å². The monoisotopic (exact) mass is 310 g/mol. The summed E-state index contributed by atoms with van der Waals surface area (Å²) in [4.78, 5) is 3.32. The van der Waals surface area contributed by atoms with Gasteiger partial charge in [0, 0.05) is 19.3 Å². The molecular formula is C17H21F3N2. The van der Waals surface area contributed by atoms with Gasteiger partial charge in [-0.1, -0.05) is 5.92 Å². The highest BCUT2D eigenvalue weighted by Crippen LogP contribution is 2.39. The van der Waals surface area contributed by atoms with Crippen molar-refractivity contribution in [3.8, 4) is 18.4 Å². The molecule has 0 spiro atoms. The number of nitriles is 1. The van der Waals surface area contributed by atoms with Crippen molar-refractivity contribution in [2.24, 2.45) is 5.92 Å². The van der Waals surface area contributed by atoms with Crippen LogP contribution in [0.25, 0.3) is 4.85 Å². The van der Waals surface area contributed by atoms with E-state index in [2.05, 4.69) is 10.8 Å². The van der Waals surface area contributed by atoms with Crippen molar-refractivity contribution in [3.63, 3.8) is 0 Å². The number of terminal acetylenes is 1. The fraction of sp³-hybridized carbons (Fsp3) is 0.765. The molecule has 1 aliphatic rings. The average molecular weight is 310 g/mol. The zero-order chi connectivity index (χ0) is 16.9. The summed E-state index contributed by atoms with van der Waals surface area (Å²) in [6.07, 6.45) is 7.20. The van der Waals surface area contributed by atoms with Crippen LogP contribution in [0.5, 0.6) is 0 Å². The lowest BCUT2D eigenvalue weighted by molar-refractivity contribution is 0.00777. The van der Waals surface area contributed by atoms with E-state index < -0.39 is 23.6 Å². The first-order chi connectivity index (χ1) is 10.2. The maximum Gasteiger partial charge on any atom is 0.315 e. The van der Waals surface area contributed by atoms with Crippen molar-refractivity contribution >= 4 is 0 Å². The second-order valence-electron chi connectivity index (χ2n) is 6.42. The first-order valence-electron chi connectivity index (χ1n) is 7.52. The fourth-order valence-electron chi connectivity index (χ4n) is 2.81. The lowest BCUT2D eigenvalue weighted by Gasteiger charge is -2.30. The van der Waals surface area contributed by atoms with E-state index in [1.54, 1.807) is 0 Å². The Morgan fingerprint density at radius 2 is 1.91 bits per heavy atom. The summed E-state index contributed by atoms with van der Waals surface area (Å²) in [7, 11) is 0. The maximum absolute atomic E-state index is 13.9. The first kappa shape index (κ1) is 18.4. The van der Waals surface area contributed by atoms with Gasteiger partial charge < -0.3 is 0 Å². The summed E-state index contributed by atoms with van der Waals surface area (Å²) < 4.78 is 39.9. The molecule has 0 radical (unpaired) electrons. The van der Waals surface area contributed by atoms with Gasteiger partial charge in [-0.2, -0.15) is 5.26 Å². The molecule has 2 nitrogen and oxygen atoms in total. The molecule has 1 aliphatic carbocycles. The van der Waals surface area contributed by atoms with Crippen LogP contribution in [0.2, 0.25) is 0 Å². The molecule has 0 saturated heterocycles. The van der Waals surface area contributed by atoms with E-state index >= 15 is 0 Å². The van der Waals surface area contributed by atoms with Crippen molar-refractivity contribution in [1.29, 1.82) is 5.26 Å². The van der Waals surface area contributed by atoms with Crippen molar-refractivity contribution in [2.45, 2.75) is 75.4 Å². The Hall–Kier alpha value is -1.67. The lowest BCUT2D eigenvalue weighted by atomic mass is 9.76. The Morgan fingerprint density at radius 1 is 1.32 bits per heavy atom. The molecule has 0 heterocycles. The van der Waals surface area contributed by atoms with E-state index in [4.69, 9.17) is 13.0 Å². The molecule has 120 valence electrons. The van der Waals surface area contributed by atoms with Crippen LogP contribution in [0.1, 0.15) is 58.3 Å². The van der Waals surface area contributed by atoms with Gasteiger partial charge in [-0.25, -0.2) is 19.7 Å². The Labute approximate surface area is 130 Å². The minimum atomic E-state index is -2.88. The predicted octanol–water partition coefficient (Wildman–Crippen LogP) is 4.92. The van der Waals surface area contributed by atoms with Gasteiger partial charge in [0.05, 0.1) is 0 Å². The third kappa shape index (κ3) is 5.27. The van der Waals surface area contributed by atoms with E-state index in [0.717, 1.165) is 6.92 Å². The molecule has 1 atom stereocenters. The summed E-state index contributed by atoms with van der Waals surface area (Å²) in [5, 5.41) is 9.23. The zero-order valence-corrected chi connectivity index (χ0v) is 12.8. The SMILES string of the molecule is [C-]#[N+]C(C#N)(CCC1CCC(F)(C#C)CC1)CCC(C)(F)F. The Balaban J connectivity index is 2.55. The Kier molecular flexibility index (Phi) is 5.90. The molecule has 0 amide bonds. The molecule has 1 fully saturated rings. The highest BCUT2D eigenvalue weighted by Gasteiger charge is 2.41. The lowest BCUT2D eigenvalue weighted by Crippen LogP contribution is -2.30. The standard InChI is InChI=1S/C17H21F3N2/c1-4-16(20)8-5-14(6-9-16)7-10-17(13-21,22-3)12-11-15(2,18)19/h1,14H,5-12H2,2H3. The first-order valence-corrected chi connectivity index (χ1v) is 7.52. The smallest absolute Gasteiger partial charge is 0.294 e. The van der Waals surface area contributed by atoms with Crippen LogP contribution in [-0.4, -0.2) is 17.1 Å². The van der Waals surface area contributed by atoms with Gasteiger partial charge in [0.1, 0.15) is 0 Å². The molecule has 0 aromatic heterocycles. The van der Waals surface area contributed by atoms with Crippen LogP contribution in [0, 0.1) is 36.2 Å². The molecule has 0 N–H and O–H groups in total. The van der Waals surface area contributed by atoms with Gasteiger partial charge in [-0.3, -0.25) is 4.85 Å². The summed E-state index contributed by atoms with van der Waals surface area (Å²) in [5.74, 6) is -0.493. The maximum atomic E-state index is 13.9. The van der Waals surface area contributed by atoms with Gasteiger partial charge in [0.2, 0.25) is 5.92 Å². The van der Waals surface area contributed by atoms with Crippen molar-refractivity contribution < 1.29 is 13.2 Å². The van der Waals surface area contributed by atoms with Gasteiger partial charge in [-0.05, 0) is 44.9 Å². The summed E-state index contributed by atoms with van der Waals surface area (Å²) in [6, 6.07) is 1.91. The van der Waals surface area contributed by atoms with Crippen LogP contribution in [0.4, 0.5) is 13.2 Å². The van der Waals surface area contributed by atoms with E-state index in [9.17, 15) is 18.4 Å². The summed E-state index contributed by atoms with van der Waals surface area (Å²) >= 11 is 0. The fourth-order valence-corrected chi connectivity index (χ4v) is 2.81. The summed E-state index contributed by atoms with van der Waals surface area (Å²) in [6.45, 7) is 7.99. The third-order valence-corrected chi connectivity index (χ3v) is 4.52. The molecule has 0 aromatic carbocycles. The molecule has 5 heteroatoms. The molecular weight excluding hydrogens is 289 g/mol. The van der Waals surface area contributed by atoms with E-state index in [1.807, 2.05) is 6.07 Å². The molecule has 0 aliphatic heterocycles. The Morgan fingerprint density at radius 3 is 2.32 bits per heavy atom. The average Bonchev–Trinajstić information content (AvgIpc) is 2.49. The number of halogens is 3. The highest BCUT2D eigenvalue weighted by molar-refractivity contribution is 5.16. The van der Waals surface area contributed by atoms with Crippen LogP contribution in [-0.2, 0) is 0 Å². The van der Waals surface area contributed by atoms with Gasteiger partial charge in [0.15, 0.2) is 11.7 Å². The number of hydrogen-bond donors (Lipinski definition) is 0. The number of nitrogens with zero attached hydrogens (tertiary/aromatic N) is 2. The van der Waals surface area contributed by atoms with Crippen LogP contribution >= 0.6 is 0 Å². The molecule has 0 aromatic rings. The molecule has 1 rings (SSSR count). The number of alkyl halides is 3. The second-order valence-corrected chi connectivity index (χ2v) is 6.42. The molecule has 1 unspecified atom stereocenters. The minimum Gasteiger partial charge on any atom is -0.294 e. The van der Waals surface area contributed by atoms with Crippen molar-refractivity contribution in [3.05, 3.63) is 11.4 Å². The third-order valence-electron chi connectivity index (χ3n) is 4.52. The normalized spacial score (nSPS) is 28.0. The second kappa shape index (κ2) is 7.06. The van der Waals surface area contributed by atoms with E-state index in [1.165, 1.54) is 0 Å².